The quantitative estimate of drug-likeness (QED) is 0.574. The van der Waals surface area contributed by atoms with Crippen molar-refractivity contribution in [1.29, 1.82) is 0 Å². The summed E-state index contributed by atoms with van der Waals surface area (Å²) in [5.74, 6) is -2.50. The SMILES string of the molecule is CC[C@]12C=CCN(C)C(=O)[C@H]1[C@H]1C(=O)N(CCO)C3C(=O)N(Cn4nnc5ccccc54)CC=C[C@@]31O2. The average molecular weight is 507 g/mol. The third-order valence-electron chi connectivity index (χ3n) is 8.29. The second-order valence-corrected chi connectivity index (χ2v) is 10.2. The van der Waals surface area contributed by atoms with Crippen molar-refractivity contribution in [3.63, 3.8) is 0 Å². The molecule has 1 unspecified atom stereocenters. The maximum absolute atomic E-state index is 14.2. The minimum absolute atomic E-state index is 0.0312. The Bertz CT molecular complexity index is 1340. The number of para-hydroxylation sites is 1. The van der Waals surface area contributed by atoms with Crippen molar-refractivity contribution in [2.24, 2.45) is 11.8 Å². The van der Waals surface area contributed by atoms with Gasteiger partial charge >= 0.3 is 0 Å². The van der Waals surface area contributed by atoms with Gasteiger partial charge < -0.3 is 24.5 Å². The summed E-state index contributed by atoms with van der Waals surface area (Å²) >= 11 is 0. The number of hydrogen-bond donors (Lipinski definition) is 1. The first-order valence-electron chi connectivity index (χ1n) is 12.7. The van der Waals surface area contributed by atoms with E-state index in [0.29, 0.717) is 18.5 Å². The number of rotatable bonds is 5. The van der Waals surface area contributed by atoms with Crippen LogP contribution in [-0.2, 0) is 25.8 Å². The Morgan fingerprint density at radius 1 is 1.05 bits per heavy atom. The molecule has 5 atom stereocenters. The predicted molar refractivity (Wildman–Crippen MR) is 132 cm³/mol. The lowest BCUT2D eigenvalue weighted by Crippen LogP contribution is -2.56. The molecule has 194 valence electrons. The highest BCUT2D eigenvalue weighted by Crippen LogP contribution is 2.58. The number of amides is 3. The lowest BCUT2D eigenvalue weighted by atomic mass is 9.73. The molecule has 2 aromatic rings. The molecule has 0 aliphatic carbocycles. The lowest BCUT2D eigenvalue weighted by molar-refractivity contribution is -0.155. The van der Waals surface area contributed by atoms with E-state index in [-0.39, 0.29) is 44.1 Å². The van der Waals surface area contributed by atoms with Gasteiger partial charge in [0.15, 0.2) is 0 Å². The molecule has 0 radical (unpaired) electrons. The molecule has 2 saturated heterocycles. The van der Waals surface area contributed by atoms with Gasteiger partial charge in [-0.05, 0) is 18.6 Å². The Labute approximate surface area is 213 Å². The predicted octanol–water partition coefficient (Wildman–Crippen LogP) is 0.169. The summed E-state index contributed by atoms with van der Waals surface area (Å²) in [7, 11) is 1.71. The molecular weight excluding hydrogens is 476 g/mol. The number of carbonyl (C=O) groups is 3. The molecule has 1 N–H and O–H groups in total. The monoisotopic (exact) mass is 506 g/mol. The van der Waals surface area contributed by atoms with Gasteiger partial charge in [0.05, 0.1) is 29.6 Å². The number of ether oxygens (including phenoxy) is 1. The third kappa shape index (κ3) is 3.23. The summed E-state index contributed by atoms with van der Waals surface area (Å²) in [6.45, 7) is 2.42. The highest BCUT2D eigenvalue weighted by atomic mass is 16.5. The maximum Gasteiger partial charge on any atom is 0.250 e. The van der Waals surface area contributed by atoms with Crippen LogP contribution in [0.25, 0.3) is 11.0 Å². The summed E-state index contributed by atoms with van der Waals surface area (Å²) in [5, 5.41) is 18.2. The first-order chi connectivity index (χ1) is 17.9. The van der Waals surface area contributed by atoms with E-state index in [1.54, 1.807) is 21.5 Å². The number of hydrogen-bond acceptors (Lipinski definition) is 7. The smallest absolute Gasteiger partial charge is 0.250 e. The van der Waals surface area contributed by atoms with E-state index in [0.717, 1.165) is 5.52 Å². The standard InChI is InChI=1S/C26H30N6O5/c1-3-25-10-6-12-29(2)22(34)19(25)20-23(35)31(14-15-33)21-24(36)30(13-7-11-26(20,21)37-25)16-32-18-9-5-4-8-17(18)27-28-32/h4-11,19-21,33H,3,12-16H2,1-2H3/t19-,20+,21?,25+,26+/m1/s1. The van der Waals surface area contributed by atoms with Gasteiger partial charge in [0.1, 0.15) is 23.8 Å². The van der Waals surface area contributed by atoms with Gasteiger partial charge in [0.2, 0.25) is 11.8 Å². The zero-order valence-corrected chi connectivity index (χ0v) is 20.9. The number of aromatic nitrogens is 3. The van der Waals surface area contributed by atoms with Crippen LogP contribution in [-0.4, -0.2) is 103 Å². The summed E-state index contributed by atoms with van der Waals surface area (Å²) in [6, 6.07) is 6.47. The lowest BCUT2D eigenvalue weighted by Gasteiger charge is -2.38. The van der Waals surface area contributed by atoms with Crippen LogP contribution in [0, 0.1) is 11.8 Å². The van der Waals surface area contributed by atoms with Crippen molar-refractivity contribution in [2.45, 2.75) is 37.3 Å². The molecular formula is C26H30N6O5. The van der Waals surface area contributed by atoms with Crippen LogP contribution >= 0.6 is 0 Å². The van der Waals surface area contributed by atoms with Gasteiger partial charge in [0, 0.05) is 26.7 Å². The Morgan fingerprint density at radius 2 is 1.84 bits per heavy atom. The first-order valence-corrected chi connectivity index (χ1v) is 12.7. The fourth-order valence-corrected chi connectivity index (χ4v) is 6.59. The second kappa shape index (κ2) is 8.49. The van der Waals surface area contributed by atoms with Crippen LogP contribution < -0.4 is 0 Å². The van der Waals surface area contributed by atoms with E-state index in [2.05, 4.69) is 10.3 Å². The molecule has 1 spiro atoms. The highest BCUT2D eigenvalue weighted by molar-refractivity contribution is 6.00. The van der Waals surface area contributed by atoms with Crippen molar-refractivity contribution in [2.75, 3.05) is 33.3 Å². The number of fused-ring (bicyclic) bond motifs is 3. The first kappa shape index (κ1) is 23.8. The van der Waals surface area contributed by atoms with Crippen LogP contribution in [0.15, 0.2) is 48.6 Å². The molecule has 37 heavy (non-hydrogen) atoms. The van der Waals surface area contributed by atoms with Gasteiger partial charge in [-0.2, -0.15) is 0 Å². The summed E-state index contributed by atoms with van der Waals surface area (Å²) in [6.07, 6.45) is 7.92. The molecule has 3 amide bonds. The number of likely N-dealkylation sites (tertiary alicyclic amines) is 1. The van der Waals surface area contributed by atoms with Crippen LogP contribution in [0.4, 0.5) is 0 Å². The molecule has 0 bridgehead atoms. The second-order valence-electron chi connectivity index (χ2n) is 10.2. The van der Waals surface area contributed by atoms with Crippen molar-refractivity contribution < 1.29 is 24.2 Å². The summed E-state index contributed by atoms with van der Waals surface area (Å²) in [4.78, 5) is 46.4. The van der Waals surface area contributed by atoms with Crippen molar-refractivity contribution in [3.8, 4) is 0 Å². The molecule has 0 saturated carbocycles. The Morgan fingerprint density at radius 3 is 2.62 bits per heavy atom. The van der Waals surface area contributed by atoms with E-state index in [1.807, 2.05) is 55.5 Å². The molecule has 11 nitrogen and oxygen atoms in total. The van der Waals surface area contributed by atoms with Crippen molar-refractivity contribution in [3.05, 3.63) is 48.6 Å². The number of benzene rings is 1. The van der Waals surface area contributed by atoms with Crippen LogP contribution in [0.1, 0.15) is 13.3 Å². The van der Waals surface area contributed by atoms with Gasteiger partial charge in [-0.15, -0.1) is 5.10 Å². The molecule has 1 aromatic carbocycles. The number of aliphatic hydroxyl groups is 1. The zero-order valence-electron chi connectivity index (χ0n) is 20.9. The van der Waals surface area contributed by atoms with Crippen LogP contribution in [0.5, 0.6) is 0 Å². The maximum atomic E-state index is 14.2. The normalized spacial score (nSPS) is 33.1. The fourth-order valence-electron chi connectivity index (χ4n) is 6.59. The van der Waals surface area contributed by atoms with Gasteiger partial charge in [-0.25, -0.2) is 4.68 Å². The molecule has 11 heteroatoms. The zero-order chi connectivity index (χ0) is 25.9. The van der Waals surface area contributed by atoms with Crippen molar-refractivity contribution >= 4 is 28.8 Å². The topological polar surface area (TPSA) is 121 Å². The highest BCUT2D eigenvalue weighted by Gasteiger charge is 2.75. The Hall–Kier alpha value is -3.57. The third-order valence-corrected chi connectivity index (χ3v) is 8.29. The number of aliphatic hydroxyl groups excluding tert-OH is 1. The Balaban J connectivity index is 1.44. The summed E-state index contributed by atoms with van der Waals surface area (Å²) in [5.41, 5.74) is -0.836. The van der Waals surface area contributed by atoms with E-state index < -0.39 is 29.1 Å². The van der Waals surface area contributed by atoms with Gasteiger partial charge in [-0.1, -0.05) is 48.6 Å². The molecule has 6 rings (SSSR count). The minimum atomic E-state index is -1.33. The number of likely N-dealkylation sites (N-methyl/N-ethyl adjacent to an activating group) is 1. The van der Waals surface area contributed by atoms with E-state index in [4.69, 9.17) is 4.74 Å². The molecule has 2 fully saturated rings. The number of β-amino-alcohol motifs (C(OH)–C–C–N with tert-alkyl or cyclic N) is 1. The van der Waals surface area contributed by atoms with E-state index >= 15 is 0 Å². The minimum Gasteiger partial charge on any atom is -0.395 e. The molecule has 4 aliphatic rings. The van der Waals surface area contributed by atoms with Crippen LogP contribution in [0.3, 0.4) is 0 Å². The number of nitrogens with zero attached hydrogens (tertiary/aromatic N) is 6. The Kier molecular flexibility index (Phi) is 5.46. The van der Waals surface area contributed by atoms with Gasteiger partial charge in [0.25, 0.3) is 5.91 Å². The number of carbonyl (C=O) groups excluding carboxylic acids is 3. The van der Waals surface area contributed by atoms with E-state index in [1.165, 1.54) is 4.90 Å². The van der Waals surface area contributed by atoms with E-state index in [9.17, 15) is 19.5 Å². The fraction of sp³-hybridized carbons (Fsp3) is 0.500. The molecule has 4 aliphatic heterocycles. The molecule has 5 heterocycles. The van der Waals surface area contributed by atoms with Crippen molar-refractivity contribution in [1.82, 2.24) is 29.7 Å². The molecule has 1 aromatic heterocycles. The summed E-state index contributed by atoms with van der Waals surface area (Å²) < 4.78 is 8.47. The largest absolute Gasteiger partial charge is 0.395 e. The van der Waals surface area contributed by atoms with Crippen LogP contribution in [0.2, 0.25) is 0 Å². The average Bonchev–Trinajstić information content (AvgIpc) is 3.44. The van der Waals surface area contributed by atoms with Gasteiger partial charge in [-0.3, -0.25) is 14.4 Å².